The van der Waals surface area contributed by atoms with E-state index in [2.05, 4.69) is 5.32 Å². The molecule has 0 bridgehead atoms. The van der Waals surface area contributed by atoms with Crippen molar-refractivity contribution < 1.29 is 18.3 Å². The van der Waals surface area contributed by atoms with Crippen molar-refractivity contribution in [2.75, 3.05) is 12.9 Å². The zero-order valence-electron chi connectivity index (χ0n) is 10.3. The van der Waals surface area contributed by atoms with Gasteiger partial charge in [-0.2, -0.15) is 0 Å². The maximum Gasteiger partial charge on any atom is 0.251 e. The van der Waals surface area contributed by atoms with E-state index >= 15 is 0 Å². The first-order valence-electron chi connectivity index (χ1n) is 5.70. The fraction of sp³-hybridized carbons (Fsp3) is 0.417. The van der Waals surface area contributed by atoms with Gasteiger partial charge in [-0.15, -0.1) is 0 Å². The summed E-state index contributed by atoms with van der Waals surface area (Å²) in [5, 5.41) is 11.9. The third-order valence-electron chi connectivity index (χ3n) is 3.13. The molecule has 0 unspecified atom stereocenters. The van der Waals surface area contributed by atoms with Gasteiger partial charge in [0.1, 0.15) is 0 Å². The molecule has 1 aliphatic rings. The van der Waals surface area contributed by atoms with Gasteiger partial charge in [0.05, 0.1) is 22.1 Å². The summed E-state index contributed by atoms with van der Waals surface area (Å²) in [7, 11) is -3.48. The topological polar surface area (TPSA) is 83.5 Å². The van der Waals surface area contributed by atoms with Crippen molar-refractivity contribution in [1.29, 1.82) is 0 Å². The van der Waals surface area contributed by atoms with Gasteiger partial charge in [0.25, 0.3) is 5.91 Å². The molecule has 5 nitrogen and oxygen atoms in total. The summed E-state index contributed by atoms with van der Waals surface area (Å²) < 4.78 is 23.1. The van der Waals surface area contributed by atoms with Crippen molar-refractivity contribution in [2.45, 2.75) is 23.3 Å². The van der Waals surface area contributed by atoms with Crippen LogP contribution >= 0.6 is 11.6 Å². The molecular formula is C12H14ClNO4S. The lowest BCUT2D eigenvalue weighted by Crippen LogP contribution is -2.39. The lowest BCUT2D eigenvalue weighted by atomic mass is 10.2. The van der Waals surface area contributed by atoms with E-state index in [1.54, 1.807) is 0 Å². The van der Waals surface area contributed by atoms with Crippen LogP contribution in [-0.2, 0) is 9.84 Å². The molecule has 0 spiro atoms. The molecule has 19 heavy (non-hydrogen) atoms. The van der Waals surface area contributed by atoms with E-state index in [0.29, 0.717) is 0 Å². The van der Waals surface area contributed by atoms with E-state index in [1.165, 1.54) is 18.2 Å². The summed E-state index contributed by atoms with van der Waals surface area (Å²) in [5.41, 5.74) is -0.327. The molecule has 7 heteroatoms. The Morgan fingerprint density at radius 1 is 1.47 bits per heavy atom. The second kappa shape index (κ2) is 4.77. The molecule has 0 atom stereocenters. The molecule has 0 radical (unpaired) electrons. The Bertz CT molecular complexity index is 623. The van der Waals surface area contributed by atoms with Gasteiger partial charge >= 0.3 is 0 Å². The minimum Gasteiger partial charge on any atom is -0.394 e. The number of carbonyl (C=O) groups is 1. The number of halogens is 1. The highest BCUT2D eigenvalue weighted by molar-refractivity contribution is 7.90. The highest BCUT2D eigenvalue weighted by Gasteiger charge is 2.43. The van der Waals surface area contributed by atoms with Gasteiger partial charge in [0.15, 0.2) is 9.84 Å². The Balaban J connectivity index is 2.29. The van der Waals surface area contributed by atoms with Gasteiger partial charge in [-0.1, -0.05) is 11.6 Å². The molecule has 1 fully saturated rings. The highest BCUT2D eigenvalue weighted by Crippen LogP contribution is 2.35. The van der Waals surface area contributed by atoms with Gasteiger partial charge in [-0.05, 0) is 31.0 Å². The summed E-state index contributed by atoms with van der Waals surface area (Å²) in [6.45, 7) is -0.120. The number of aliphatic hydroxyl groups excluding tert-OH is 1. The zero-order valence-corrected chi connectivity index (χ0v) is 11.9. The summed E-state index contributed by atoms with van der Waals surface area (Å²) in [6.07, 6.45) is 2.48. The molecule has 1 aromatic rings. The van der Waals surface area contributed by atoms with Gasteiger partial charge in [-0.25, -0.2) is 8.42 Å². The van der Waals surface area contributed by atoms with Gasteiger partial charge < -0.3 is 10.4 Å². The monoisotopic (exact) mass is 303 g/mol. The van der Waals surface area contributed by atoms with Crippen LogP contribution in [0.25, 0.3) is 0 Å². The number of hydrogen-bond acceptors (Lipinski definition) is 4. The average Bonchev–Trinajstić information content (AvgIpc) is 3.08. The Kier molecular flexibility index (Phi) is 3.59. The molecule has 104 valence electrons. The van der Waals surface area contributed by atoms with Crippen LogP contribution in [0.4, 0.5) is 0 Å². The molecule has 0 aromatic heterocycles. The second-order valence-corrected chi connectivity index (χ2v) is 7.20. The highest BCUT2D eigenvalue weighted by atomic mass is 35.5. The van der Waals surface area contributed by atoms with Crippen LogP contribution in [0.1, 0.15) is 23.2 Å². The summed E-state index contributed by atoms with van der Waals surface area (Å²) in [4.78, 5) is 11.9. The number of aliphatic hydroxyl groups is 1. The SMILES string of the molecule is CS(=O)(=O)c1cc(C(=O)NC2(CO)CC2)ccc1Cl. The van der Waals surface area contributed by atoms with Gasteiger partial charge in [-0.3, -0.25) is 4.79 Å². The molecule has 1 saturated carbocycles. The predicted octanol–water partition coefficient (Wildman–Crippen LogP) is 0.998. The molecule has 0 heterocycles. The maximum absolute atomic E-state index is 12.0. The molecule has 1 amide bonds. The predicted molar refractivity (Wildman–Crippen MR) is 71.1 cm³/mol. The quantitative estimate of drug-likeness (QED) is 0.869. The third-order valence-corrected chi connectivity index (χ3v) is 4.71. The van der Waals surface area contributed by atoms with Crippen LogP contribution in [0.15, 0.2) is 23.1 Å². The zero-order chi connectivity index (χ0) is 14.3. The molecule has 0 aliphatic heterocycles. The van der Waals surface area contributed by atoms with Crippen molar-refractivity contribution >= 4 is 27.3 Å². The first kappa shape index (κ1) is 14.3. The smallest absolute Gasteiger partial charge is 0.251 e. The first-order chi connectivity index (χ1) is 8.77. The van der Waals surface area contributed by atoms with Crippen LogP contribution in [-0.4, -0.2) is 37.8 Å². The van der Waals surface area contributed by atoms with Gasteiger partial charge in [0, 0.05) is 11.8 Å². The van der Waals surface area contributed by atoms with Crippen molar-refractivity contribution in [2.24, 2.45) is 0 Å². The largest absolute Gasteiger partial charge is 0.394 e. The number of sulfone groups is 1. The van der Waals surface area contributed by atoms with Crippen LogP contribution < -0.4 is 5.32 Å². The van der Waals surface area contributed by atoms with Gasteiger partial charge in [0.2, 0.25) is 0 Å². The Labute approximate surface area is 116 Å². The van der Waals surface area contributed by atoms with Crippen molar-refractivity contribution in [3.8, 4) is 0 Å². The van der Waals surface area contributed by atoms with Crippen LogP contribution in [0.5, 0.6) is 0 Å². The van der Waals surface area contributed by atoms with Crippen LogP contribution in [0.3, 0.4) is 0 Å². The number of nitrogens with one attached hydrogen (secondary N) is 1. The molecule has 2 rings (SSSR count). The maximum atomic E-state index is 12.0. The minimum atomic E-state index is -3.48. The molecule has 0 saturated heterocycles. The second-order valence-electron chi connectivity index (χ2n) is 4.81. The standard InChI is InChI=1S/C12H14ClNO4S/c1-19(17,18)10-6-8(2-3-9(10)13)11(16)14-12(7-15)4-5-12/h2-3,6,15H,4-5,7H2,1H3,(H,14,16). The van der Waals surface area contributed by atoms with Crippen molar-refractivity contribution in [3.05, 3.63) is 28.8 Å². The number of carbonyl (C=O) groups excluding carboxylic acids is 1. The van der Waals surface area contributed by atoms with Crippen LogP contribution in [0.2, 0.25) is 5.02 Å². The first-order valence-corrected chi connectivity index (χ1v) is 7.97. The van der Waals surface area contributed by atoms with E-state index in [1.807, 2.05) is 0 Å². The summed E-state index contributed by atoms with van der Waals surface area (Å²) >= 11 is 5.81. The number of amides is 1. The molecule has 1 aromatic carbocycles. The Morgan fingerprint density at radius 2 is 2.11 bits per heavy atom. The fourth-order valence-corrected chi connectivity index (χ4v) is 3.02. The van der Waals surface area contributed by atoms with E-state index < -0.39 is 21.3 Å². The lowest BCUT2D eigenvalue weighted by molar-refractivity contribution is 0.0906. The summed E-state index contributed by atoms with van der Waals surface area (Å²) in [5.74, 6) is -0.409. The van der Waals surface area contributed by atoms with E-state index in [4.69, 9.17) is 16.7 Å². The van der Waals surface area contributed by atoms with Crippen molar-refractivity contribution in [1.82, 2.24) is 5.32 Å². The summed E-state index contributed by atoms with van der Waals surface area (Å²) in [6, 6.07) is 4.09. The molecule has 1 aliphatic carbocycles. The van der Waals surface area contributed by atoms with E-state index in [9.17, 15) is 13.2 Å². The third kappa shape index (κ3) is 3.08. The minimum absolute atomic E-state index is 0.0735. The molecular weight excluding hydrogens is 290 g/mol. The number of benzene rings is 1. The lowest BCUT2D eigenvalue weighted by Gasteiger charge is -2.14. The van der Waals surface area contributed by atoms with E-state index in [-0.39, 0.29) is 22.1 Å². The number of rotatable bonds is 4. The average molecular weight is 304 g/mol. The fourth-order valence-electron chi connectivity index (χ4n) is 1.72. The Hall–Kier alpha value is -1.11. The molecule has 2 N–H and O–H groups in total. The number of hydrogen-bond donors (Lipinski definition) is 2. The van der Waals surface area contributed by atoms with Crippen LogP contribution in [0, 0.1) is 0 Å². The normalized spacial score (nSPS) is 17.0. The van der Waals surface area contributed by atoms with E-state index in [0.717, 1.165) is 19.1 Å². The van der Waals surface area contributed by atoms with Crippen molar-refractivity contribution in [3.63, 3.8) is 0 Å². The Morgan fingerprint density at radius 3 is 2.58 bits per heavy atom.